The minimum absolute atomic E-state index is 0. The van der Waals surface area contributed by atoms with Crippen LogP contribution in [0, 0.1) is 0 Å². The van der Waals surface area contributed by atoms with E-state index >= 15 is 0 Å². The van der Waals surface area contributed by atoms with Crippen LogP contribution in [0.15, 0.2) is 0 Å². The van der Waals surface area contributed by atoms with Gasteiger partial charge >= 0.3 is 14.2 Å². The van der Waals surface area contributed by atoms with E-state index in [2.05, 4.69) is 9.05 Å². The third-order valence-electron chi connectivity index (χ3n) is 0.438. The van der Waals surface area contributed by atoms with Crippen LogP contribution in [0.1, 0.15) is 13.8 Å². The molecule has 0 rings (SSSR count). The van der Waals surface area contributed by atoms with Gasteiger partial charge in [-0.1, -0.05) is 0 Å². The van der Waals surface area contributed by atoms with Crippen molar-refractivity contribution >= 4 is 43.8 Å². The van der Waals surface area contributed by atoms with Crippen molar-refractivity contribution in [3.05, 3.63) is 0 Å². The molecule has 0 aliphatic carbocycles. The summed E-state index contributed by atoms with van der Waals surface area (Å²) < 4.78 is 18.9. The smallest absolute Gasteiger partial charge is 0.247 e. The van der Waals surface area contributed by atoms with E-state index in [1.807, 2.05) is 0 Å². The Labute approximate surface area is 82.5 Å². The van der Waals surface area contributed by atoms with E-state index in [0.29, 0.717) is 0 Å². The van der Waals surface area contributed by atoms with Gasteiger partial charge in [-0.3, -0.25) is 0 Å². The Hall–Kier alpha value is 0.530. The van der Waals surface area contributed by atoms with Gasteiger partial charge in [0, 0.05) is 41.0 Å². The third-order valence-corrected chi connectivity index (χ3v) is 1.31. The van der Waals surface area contributed by atoms with Crippen molar-refractivity contribution in [2.45, 2.75) is 13.8 Å². The summed E-state index contributed by atoms with van der Waals surface area (Å²) in [6.45, 7) is 3.12. The molecule has 1 atom stereocenters. The van der Waals surface area contributed by atoms with Gasteiger partial charge in [-0.15, -0.1) is 4.52 Å². The van der Waals surface area contributed by atoms with E-state index < -0.39 is 14.2 Å². The van der Waals surface area contributed by atoms with Crippen LogP contribution in [-0.2, 0) is 18.4 Å². The summed E-state index contributed by atoms with van der Waals surface area (Å²) in [5.74, 6) is -0.593. The molecular formula is C4H8NaO4P+. The van der Waals surface area contributed by atoms with Gasteiger partial charge in [0.2, 0.25) is 0 Å². The van der Waals surface area contributed by atoms with Crippen LogP contribution >= 0.6 is 8.25 Å². The van der Waals surface area contributed by atoms with Gasteiger partial charge in [-0.05, 0) is 6.92 Å². The second kappa shape index (κ2) is 7.63. The average Bonchev–Trinajstić information content (AvgIpc) is 1.63. The molecule has 53 valence electrons. The summed E-state index contributed by atoms with van der Waals surface area (Å²) in [4.78, 5) is 10.0. The Bertz CT molecular complexity index is 126. The molecule has 0 aromatic heterocycles. The fourth-order valence-corrected chi connectivity index (χ4v) is 0.710. The minimum Gasteiger partial charge on any atom is -0.247 e. The molecule has 0 saturated heterocycles. The molecule has 10 heavy (non-hydrogen) atoms. The first kappa shape index (κ1) is 13.1. The zero-order valence-corrected chi connectivity index (χ0v) is 9.18. The molecule has 0 aliphatic heterocycles. The Morgan fingerprint density at radius 2 is 2.10 bits per heavy atom. The maximum Gasteiger partial charge on any atom is 0.753 e. The second-order valence-electron chi connectivity index (χ2n) is 1.22. The molecule has 1 unspecified atom stereocenters. The maximum absolute atomic E-state index is 10.3. The molecule has 0 bridgehead atoms. The molecule has 0 amide bonds. The first-order valence-electron chi connectivity index (χ1n) is 2.45. The number of hydrogen-bond acceptors (Lipinski definition) is 4. The predicted octanol–water partition coefficient (Wildman–Crippen LogP) is 0.863. The van der Waals surface area contributed by atoms with Crippen molar-refractivity contribution in [3.63, 3.8) is 0 Å². The van der Waals surface area contributed by atoms with Gasteiger partial charge in [0.15, 0.2) is 0 Å². The normalized spacial score (nSPS) is 9.60. The molecule has 0 aromatic carbocycles. The first-order chi connectivity index (χ1) is 4.16. The Morgan fingerprint density at radius 3 is 2.40 bits per heavy atom. The van der Waals surface area contributed by atoms with Crippen molar-refractivity contribution in [2.75, 3.05) is 6.61 Å². The fourth-order valence-electron chi connectivity index (χ4n) is 0.237. The summed E-state index contributed by atoms with van der Waals surface area (Å²) >= 11 is 0. The van der Waals surface area contributed by atoms with Crippen molar-refractivity contribution in [2.24, 2.45) is 0 Å². The molecule has 0 saturated carbocycles. The molecule has 4 nitrogen and oxygen atoms in total. The molecule has 1 radical (unpaired) electrons. The molecule has 0 heterocycles. The van der Waals surface area contributed by atoms with Crippen LogP contribution in [0.2, 0.25) is 0 Å². The van der Waals surface area contributed by atoms with Gasteiger partial charge in [-0.25, -0.2) is 4.79 Å². The molecule has 0 aliphatic rings. The SMILES string of the molecule is CCO[P+](=O)OC(C)=O.[Na]. The van der Waals surface area contributed by atoms with Crippen molar-refractivity contribution in [3.8, 4) is 0 Å². The number of carbonyl (C=O) groups excluding carboxylic acids is 1. The van der Waals surface area contributed by atoms with Crippen molar-refractivity contribution in [1.29, 1.82) is 0 Å². The largest absolute Gasteiger partial charge is 0.753 e. The van der Waals surface area contributed by atoms with Crippen molar-refractivity contribution in [1.82, 2.24) is 0 Å². The fraction of sp³-hybridized carbons (Fsp3) is 0.750. The van der Waals surface area contributed by atoms with Crippen LogP contribution in [0.3, 0.4) is 0 Å². The molecule has 0 aromatic rings. The number of rotatable bonds is 3. The molecule has 0 fully saturated rings. The van der Waals surface area contributed by atoms with Crippen LogP contribution in [0.5, 0.6) is 0 Å². The summed E-state index contributed by atoms with van der Waals surface area (Å²) in [5.41, 5.74) is 0. The first-order valence-corrected chi connectivity index (χ1v) is 3.55. The minimum atomic E-state index is -2.22. The quantitative estimate of drug-likeness (QED) is 0.470. The second-order valence-corrected chi connectivity index (χ2v) is 2.11. The van der Waals surface area contributed by atoms with E-state index in [4.69, 9.17) is 0 Å². The van der Waals surface area contributed by atoms with Gasteiger partial charge < -0.3 is 0 Å². The zero-order chi connectivity index (χ0) is 7.28. The summed E-state index contributed by atoms with van der Waals surface area (Å²) in [7, 11) is -2.22. The molecule has 0 N–H and O–H groups in total. The summed E-state index contributed by atoms with van der Waals surface area (Å²) in [5, 5.41) is 0. The van der Waals surface area contributed by atoms with Crippen LogP contribution in [-0.4, -0.2) is 42.1 Å². The van der Waals surface area contributed by atoms with Crippen LogP contribution in [0.4, 0.5) is 0 Å². The topological polar surface area (TPSA) is 52.6 Å². The summed E-state index contributed by atoms with van der Waals surface area (Å²) in [6, 6.07) is 0. The van der Waals surface area contributed by atoms with Gasteiger partial charge in [0.05, 0.1) is 0 Å². The van der Waals surface area contributed by atoms with E-state index in [0.717, 1.165) is 0 Å². The number of hydrogen-bond donors (Lipinski definition) is 0. The van der Waals surface area contributed by atoms with E-state index in [9.17, 15) is 9.36 Å². The van der Waals surface area contributed by atoms with E-state index in [1.54, 1.807) is 6.92 Å². The van der Waals surface area contributed by atoms with Gasteiger partial charge in [0.1, 0.15) is 6.61 Å². The molecule has 0 spiro atoms. The van der Waals surface area contributed by atoms with Gasteiger partial charge in [-0.2, -0.15) is 4.52 Å². The van der Waals surface area contributed by atoms with Crippen LogP contribution < -0.4 is 0 Å². The van der Waals surface area contributed by atoms with E-state index in [-0.39, 0.29) is 36.2 Å². The van der Waals surface area contributed by atoms with E-state index in [1.165, 1.54) is 6.92 Å². The summed E-state index contributed by atoms with van der Waals surface area (Å²) in [6.07, 6.45) is 0. The Morgan fingerprint density at radius 1 is 1.60 bits per heavy atom. The van der Waals surface area contributed by atoms with Crippen LogP contribution in [0.25, 0.3) is 0 Å². The average molecular weight is 174 g/mol. The Balaban J connectivity index is 0. The van der Waals surface area contributed by atoms with Crippen molar-refractivity contribution < 1.29 is 18.4 Å². The number of carbonyl (C=O) groups is 1. The predicted molar refractivity (Wildman–Crippen MR) is 36.8 cm³/mol. The Kier molecular flexibility index (Phi) is 10.0. The monoisotopic (exact) mass is 174 g/mol. The third kappa shape index (κ3) is 8.53. The maximum atomic E-state index is 10.3. The standard InChI is InChI=1S/C4H8O4P.Na/c1-3-7-9(6)8-4(2)5;/h3H2,1-2H3;/q+1;. The zero-order valence-electron chi connectivity index (χ0n) is 6.29. The van der Waals surface area contributed by atoms with Gasteiger partial charge in [0.25, 0.3) is 0 Å². The molecular weight excluding hydrogens is 166 g/mol. The molecule has 6 heteroatoms.